The maximum Gasteiger partial charge on any atom is 0.271 e. The molecule has 0 saturated carbocycles. The number of benzene rings is 2. The van der Waals surface area contributed by atoms with Crippen molar-refractivity contribution in [3.63, 3.8) is 0 Å². The largest absolute Gasteiger partial charge is 0.497 e. The number of methoxy groups -OCH3 is 1. The minimum absolute atomic E-state index is 0.189. The fraction of sp³-hybridized carbons (Fsp3) is 0.150. The maximum absolute atomic E-state index is 12.9. The zero-order valence-electron chi connectivity index (χ0n) is 15.2. The van der Waals surface area contributed by atoms with E-state index in [0.29, 0.717) is 30.4 Å². The van der Waals surface area contributed by atoms with Gasteiger partial charge < -0.3 is 20.1 Å². The zero-order valence-corrected chi connectivity index (χ0v) is 15.2. The molecule has 0 atom stereocenters. The van der Waals surface area contributed by atoms with Gasteiger partial charge in [-0.25, -0.2) is 14.4 Å². The molecule has 0 spiro atoms. The predicted molar refractivity (Wildman–Crippen MR) is 103 cm³/mol. The van der Waals surface area contributed by atoms with Crippen molar-refractivity contribution in [3.05, 3.63) is 72.4 Å². The van der Waals surface area contributed by atoms with Gasteiger partial charge in [0.2, 0.25) is 0 Å². The smallest absolute Gasteiger partial charge is 0.271 e. The number of anilines is 2. The first kappa shape index (κ1) is 19.1. The molecule has 1 amide bonds. The second kappa shape index (κ2) is 9.31. The van der Waals surface area contributed by atoms with Crippen LogP contribution in [0.5, 0.6) is 11.5 Å². The standard InChI is InChI=1S/C20H19FN4O3/c1-27-16-6-8-17(9-7-16)28-11-10-22-20(26)18-12-24-19(13-23-18)25-15-4-2-14(21)3-5-15/h2-9,12-13H,10-11H2,1H3,(H,22,26)(H,24,25). The third kappa shape index (κ3) is 5.41. The van der Waals surface area contributed by atoms with E-state index in [1.54, 1.807) is 43.5 Å². The molecular weight excluding hydrogens is 363 g/mol. The number of amides is 1. The van der Waals surface area contributed by atoms with E-state index in [9.17, 15) is 9.18 Å². The Balaban J connectivity index is 1.44. The van der Waals surface area contributed by atoms with Gasteiger partial charge in [-0.2, -0.15) is 0 Å². The van der Waals surface area contributed by atoms with Crippen LogP contribution < -0.4 is 20.1 Å². The number of nitrogens with zero attached hydrogens (tertiary/aromatic N) is 2. The van der Waals surface area contributed by atoms with Crippen LogP contribution in [0.2, 0.25) is 0 Å². The number of carbonyl (C=O) groups is 1. The Labute approximate surface area is 161 Å². The molecule has 0 bridgehead atoms. The van der Waals surface area contributed by atoms with Crippen LogP contribution in [-0.4, -0.2) is 36.1 Å². The number of rotatable bonds is 8. The van der Waals surface area contributed by atoms with Crippen molar-refractivity contribution >= 4 is 17.4 Å². The molecule has 0 fully saturated rings. The maximum atomic E-state index is 12.9. The van der Waals surface area contributed by atoms with Crippen LogP contribution in [0.1, 0.15) is 10.5 Å². The normalized spacial score (nSPS) is 10.2. The number of halogens is 1. The fourth-order valence-corrected chi connectivity index (χ4v) is 2.29. The van der Waals surface area contributed by atoms with E-state index in [0.717, 1.165) is 5.75 Å². The summed E-state index contributed by atoms with van der Waals surface area (Å²) in [6, 6.07) is 13.0. The average molecular weight is 382 g/mol. The van der Waals surface area contributed by atoms with Crippen molar-refractivity contribution in [2.24, 2.45) is 0 Å². The molecule has 0 aliphatic heterocycles. The quantitative estimate of drug-likeness (QED) is 0.582. The van der Waals surface area contributed by atoms with Crippen LogP contribution in [-0.2, 0) is 0 Å². The lowest BCUT2D eigenvalue weighted by molar-refractivity contribution is 0.0941. The van der Waals surface area contributed by atoms with E-state index < -0.39 is 0 Å². The van der Waals surface area contributed by atoms with Crippen LogP contribution in [0.15, 0.2) is 60.9 Å². The molecule has 3 rings (SSSR count). The summed E-state index contributed by atoms with van der Waals surface area (Å²) in [5, 5.41) is 5.69. The average Bonchev–Trinajstić information content (AvgIpc) is 2.73. The van der Waals surface area contributed by atoms with E-state index in [4.69, 9.17) is 9.47 Å². The van der Waals surface area contributed by atoms with Gasteiger partial charge in [0.1, 0.15) is 35.4 Å². The summed E-state index contributed by atoms with van der Waals surface area (Å²) in [7, 11) is 1.60. The minimum atomic E-state index is -0.348. The van der Waals surface area contributed by atoms with Gasteiger partial charge in [-0.05, 0) is 48.5 Å². The van der Waals surface area contributed by atoms with E-state index >= 15 is 0 Å². The molecule has 3 aromatic rings. The summed E-state index contributed by atoms with van der Waals surface area (Å²) in [4.78, 5) is 20.3. The molecule has 28 heavy (non-hydrogen) atoms. The summed E-state index contributed by atoms with van der Waals surface area (Å²) in [5.74, 6) is 1.22. The van der Waals surface area contributed by atoms with Crippen molar-refractivity contribution in [1.29, 1.82) is 0 Å². The molecule has 8 heteroatoms. The molecule has 2 N–H and O–H groups in total. The molecule has 0 aliphatic carbocycles. The third-order valence-electron chi connectivity index (χ3n) is 3.72. The van der Waals surface area contributed by atoms with E-state index in [1.807, 2.05) is 0 Å². The number of nitrogens with one attached hydrogen (secondary N) is 2. The second-order valence-electron chi connectivity index (χ2n) is 5.70. The molecule has 1 aromatic heterocycles. The van der Waals surface area contributed by atoms with Crippen molar-refractivity contribution in [2.45, 2.75) is 0 Å². The highest BCUT2D eigenvalue weighted by atomic mass is 19.1. The highest BCUT2D eigenvalue weighted by molar-refractivity contribution is 5.92. The van der Waals surface area contributed by atoms with Crippen molar-refractivity contribution < 1.29 is 18.7 Å². The van der Waals surface area contributed by atoms with Gasteiger partial charge in [-0.3, -0.25) is 4.79 Å². The van der Waals surface area contributed by atoms with Gasteiger partial charge in [0.05, 0.1) is 26.0 Å². The van der Waals surface area contributed by atoms with Crippen LogP contribution in [0.3, 0.4) is 0 Å². The summed E-state index contributed by atoms with van der Waals surface area (Å²) in [5.41, 5.74) is 0.859. The lowest BCUT2D eigenvalue weighted by Crippen LogP contribution is -2.28. The molecule has 0 aliphatic rings. The van der Waals surface area contributed by atoms with E-state index in [-0.39, 0.29) is 17.4 Å². The Morgan fingerprint density at radius 1 is 1.00 bits per heavy atom. The van der Waals surface area contributed by atoms with Crippen LogP contribution in [0, 0.1) is 5.82 Å². The molecule has 0 radical (unpaired) electrons. The number of ether oxygens (including phenoxy) is 2. The van der Waals surface area contributed by atoms with E-state index in [2.05, 4.69) is 20.6 Å². The van der Waals surface area contributed by atoms with Gasteiger partial charge >= 0.3 is 0 Å². The number of carbonyl (C=O) groups excluding carboxylic acids is 1. The SMILES string of the molecule is COc1ccc(OCCNC(=O)c2cnc(Nc3ccc(F)cc3)cn2)cc1. The molecular formula is C20H19FN4O3. The van der Waals surface area contributed by atoms with Crippen molar-refractivity contribution in [3.8, 4) is 11.5 Å². The third-order valence-corrected chi connectivity index (χ3v) is 3.72. The fourth-order valence-electron chi connectivity index (χ4n) is 2.29. The van der Waals surface area contributed by atoms with Gasteiger partial charge in [0.25, 0.3) is 5.91 Å². The molecule has 7 nitrogen and oxygen atoms in total. The number of hydrogen-bond donors (Lipinski definition) is 2. The molecule has 0 unspecified atom stereocenters. The number of hydrogen-bond acceptors (Lipinski definition) is 6. The van der Waals surface area contributed by atoms with Crippen LogP contribution in [0.4, 0.5) is 15.9 Å². The lowest BCUT2D eigenvalue weighted by Gasteiger charge is -2.09. The molecule has 144 valence electrons. The topological polar surface area (TPSA) is 85.4 Å². The van der Waals surface area contributed by atoms with Gasteiger partial charge in [-0.15, -0.1) is 0 Å². The first-order valence-corrected chi connectivity index (χ1v) is 8.54. The molecule has 1 heterocycles. The Morgan fingerprint density at radius 3 is 2.36 bits per heavy atom. The van der Waals surface area contributed by atoms with E-state index in [1.165, 1.54) is 24.5 Å². The summed E-state index contributed by atoms with van der Waals surface area (Å²) >= 11 is 0. The first-order valence-electron chi connectivity index (χ1n) is 8.54. The Morgan fingerprint density at radius 2 is 1.71 bits per heavy atom. The summed E-state index contributed by atoms with van der Waals surface area (Å²) in [6.45, 7) is 0.637. The summed E-state index contributed by atoms with van der Waals surface area (Å²) < 4.78 is 23.5. The van der Waals surface area contributed by atoms with Crippen LogP contribution in [0.25, 0.3) is 0 Å². The summed E-state index contributed by atoms with van der Waals surface area (Å²) in [6.07, 6.45) is 2.80. The molecule has 2 aromatic carbocycles. The predicted octanol–water partition coefficient (Wildman–Crippen LogP) is 3.18. The monoisotopic (exact) mass is 382 g/mol. The highest BCUT2D eigenvalue weighted by Gasteiger charge is 2.08. The molecule has 0 saturated heterocycles. The number of aromatic nitrogens is 2. The minimum Gasteiger partial charge on any atom is -0.497 e. The Kier molecular flexibility index (Phi) is 6.35. The van der Waals surface area contributed by atoms with Crippen molar-refractivity contribution in [2.75, 3.05) is 25.6 Å². The zero-order chi connectivity index (χ0) is 19.8. The lowest BCUT2D eigenvalue weighted by atomic mass is 10.3. The first-order chi connectivity index (χ1) is 13.6. The van der Waals surface area contributed by atoms with Gasteiger partial charge in [0.15, 0.2) is 0 Å². The highest BCUT2D eigenvalue weighted by Crippen LogP contribution is 2.17. The second-order valence-corrected chi connectivity index (χ2v) is 5.70. The van der Waals surface area contributed by atoms with Gasteiger partial charge in [0, 0.05) is 5.69 Å². The Bertz CT molecular complexity index is 900. The van der Waals surface area contributed by atoms with Gasteiger partial charge in [-0.1, -0.05) is 0 Å². The Hall–Kier alpha value is -3.68. The van der Waals surface area contributed by atoms with Crippen LogP contribution >= 0.6 is 0 Å². The van der Waals surface area contributed by atoms with Crippen molar-refractivity contribution in [1.82, 2.24) is 15.3 Å².